The van der Waals surface area contributed by atoms with E-state index in [1.54, 1.807) is 12.1 Å². The number of carbonyl (C=O) groups excluding carboxylic acids is 1. The second-order valence-electron chi connectivity index (χ2n) is 4.27. The van der Waals surface area contributed by atoms with Gasteiger partial charge in [0.25, 0.3) is 0 Å². The minimum atomic E-state index is -1.95. The summed E-state index contributed by atoms with van der Waals surface area (Å²) in [7, 11) is -1.95. The van der Waals surface area contributed by atoms with Crippen LogP contribution in [0.5, 0.6) is 0 Å². The molecule has 7 heteroatoms. The van der Waals surface area contributed by atoms with Gasteiger partial charge in [0.1, 0.15) is 12.4 Å². The largest absolute Gasteiger partial charge is 0.491 e. The molecule has 0 aliphatic carbocycles. The third-order valence-corrected chi connectivity index (χ3v) is 2.76. The molecule has 0 bridgehead atoms. The highest BCUT2D eigenvalue weighted by Crippen LogP contribution is 2.12. The quantitative estimate of drug-likeness (QED) is 0.740. The zero-order valence-corrected chi connectivity index (χ0v) is 11.0. The number of carbonyl (C=O) groups is 1. The van der Waals surface area contributed by atoms with Crippen molar-refractivity contribution >= 4 is 24.4 Å². The average molecular weight is 289 g/mol. The summed E-state index contributed by atoms with van der Waals surface area (Å²) in [6.07, 6.45) is -0.831. The van der Waals surface area contributed by atoms with Gasteiger partial charge in [0, 0.05) is 5.46 Å². The summed E-state index contributed by atoms with van der Waals surface area (Å²) >= 11 is 0. The summed E-state index contributed by atoms with van der Waals surface area (Å²) in [5.41, 5.74) is 0.294. The van der Waals surface area contributed by atoms with Crippen LogP contribution in [0.3, 0.4) is 0 Å². The number of rotatable bonds is 4. The molecule has 21 heavy (non-hydrogen) atoms. The van der Waals surface area contributed by atoms with Crippen molar-refractivity contribution in [3.05, 3.63) is 59.9 Å². The van der Waals surface area contributed by atoms with Crippen molar-refractivity contribution in [2.75, 3.05) is 5.32 Å². The van der Waals surface area contributed by atoms with E-state index in [0.29, 0.717) is 0 Å². The Hall–Kier alpha value is -2.38. The number of hydrogen-bond donors (Lipinski definition) is 3. The molecule has 0 aromatic heterocycles. The van der Waals surface area contributed by atoms with E-state index in [2.05, 4.69) is 5.32 Å². The number of halogens is 1. The highest BCUT2D eigenvalue weighted by atomic mass is 19.1. The molecule has 0 spiro atoms. The fourth-order valence-corrected chi connectivity index (χ4v) is 1.71. The van der Waals surface area contributed by atoms with Gasteiger partial charge >= 0.3 is 13.2 Å². The zero-order chi connectivity index (χ0) is 15.2. The van der Waals surface area contributed by atoms with Crippen molar-refractivity contribution in [1.82, 2.24) is 0 Å². The van der Waals surface area contributed by atoms with Gasteiger partial charge in [0.2, 0.25) is 0 Å². The summed E-state index contributed by atoms with van der Waals surface area (Å²) in [5, 5.41) is 20.2. The third-order valence-electron chi connectivity index (χ3n) is 2.76. The molecular weight excluding hydrogens is 276 g/mol. The van der Waals surface area contributed by atoms with Crippen molar-refractivity contribution < 1.29 is 24.0 Å². The lowest BCUT2D eigenvalue weighted by atomic mass is 9.79. The molecule has 0 aliphatic rings. The van der Waals surface area contributed by atoms with Crippen LogP contribution in [-0.2, 0) is 11.3 Å². The highest BCUT2D eigenvalue weighted by Gasteiger charge is 2.19. The van der Waals surface area contributed by atoms with Crippen LogP contribution < -0.4 is 10.8 Å². The summed E-state index contributed by atoms with van der Waals surface area (Å²) in [4.78, 5) is 11.6. The van der Waals surface area contributed by atoms with Crippen molar-refractivity contribution in [3.8, 4) is 0 Å². The smallest absolute Gasteiger partial charge is 0.444 e. The molecule has 0 saturated carbocycles. The molecule has 0 radical (unpaired) electrons. The van der Waals surface area contributed by atoms with E-state index in [1.807, 2.05) is 18.2 Å². The molecule has 1 amide bonds. The van der Waals surface area contributed by atoms with E-state index in [9.17, 15) is 9.18 Å². The van der Waals surface area contributed by atoms with E-state index in [0.717, 1.165) is 5.56 Å². The van der Waals surface area contributed by atoms with E-state index < -0.39 is 19.0 Å². The first-order valence-corrected chi connectivity index (χ1v) is 6.20. The summed E-state index contributed by atoms with van der Waals surface area (Å²) in [5.74, 6) is -0.913. The summed E-state index contributed by atoms with van der Waals surface area (Å²) in [6, 6.07) is 12.9. The maximum atomic E-state index is 13.9. The summed E-state index contributed by atoms with van der Waals surface area (Å²) < 4.78 is 18.8. The maximum absolute atomic E-state index is 13.9. The average Bonchev–Trinajstić information content (AvgIpc) is 2.48. The van der Waals surface area contributed by atoms with Crippen LogP contribution >= 0.6 is 0 Å². The standard InChI is InChI=1S/C14H13BFNO4/c16-13-11(15(19)20)7-4-8-12(13)17-14(18)21-9-10-5-2-1-3-6-10/h1-8,19-20H,9H2,(H,17,18). The maximum Gasteiger partial charge on any atom is 0.491 e. The first kappa shape index (κ1) is 15.0. The van der Waals surface area contributed by atoms with Crippen LogP contribution in [0.1, 0.15) is 5.56 Å². The van der Waals surface area contributed by atoms with Gasteiger partial charge in [-0.2, -0.15) is 0 Å². The third kappa shape index (κ3) is 4.04. The van der Waals surface area contributed by atoms with Crippen molar-refractivity contribution in [3.63, 3.8) is 0 Å². The topological polar surface area (TPSA) is 78.8 Å². The van der Waals surface area contributed by atoms with Crippen LogP contribution in [-0.4, -0.2) is 23.3 Å². The second-order valence-corrected chi connectivity index (χ2v) is 4.27. The van der Waals surface area contributed by atoms with Gasteiger partial charge < -0.3 is 14.8 Å². The fourth-order valence-electron chi connectivity index (χ4n) is 1.71. The van der Waals surface area contributed by atoms with Crippen LogP contribution in [0.4, 0.5) is 14.9 Å². The minimum absolute atomic E-state index is 0.0522. The number of nitrogens with one attached hydrogen (secondary N) is 1. The van der Waals surface area contributed by atoms with E-state index >= 15 is 0 Å². The first-order valence-electron chi connectivity index (χ1n) is 6.20. The van der Waals surface area contributed by atoms with Gasteiger partial charge in [-0.3, -0.25) is 5.32 Å². The van der Waals surface area contributed by atoms with Gasteiger partial charge in [-0.05, 0) is 11.6 Å². The van der Waals surface area contributed by atoms with E-state index in [-0.39, 0.29) is 17.8 Å². The molecule has 2 aromatic carbocycles. The molecule has 0 unspecified atom stereocenters. The molecule has 108 valence electrons. The normalized spacial score (nSPS) is 10.0. The van der Waals surface area contributed by atoms with E-state index in [1.165, 1.54) is 18.2 Å². The molecule has 5 nitrogen and oxygen atoms in total. The van der Waals surface area contributed by atoms with Crippen molar-refractivity contribution in [1.29, 1.82) is 0 Å². The van der Waals surface area contributed by atoms with Gasteiger partial charge in [-0.1, -0.05) is 42.5 Å². The number of amides is 1. The zero-order valence-electron chi connectivity index (χ0n) is 11.0. The Morgan fingerprint density at radius 1 is 1.14 bits per heavy atom. The predicted octanol–water partition coefficient (Wildman–Crippen LogP) is 1.25. The molecule has 0 aliphatic heterocycles. The Balaban J connectivity index is 1.98. The molecule has 0 fully saturated rings. The molecule has 0 heterocycles. The lowest BCUT2D eigenvalue weighted by Crippen LogP contribution is -2.33. The van der Waals surface area contributed by atoms with Gasteiger partial charge in [-0.25, -0.2) is 9.18 Å². The number of ether oxygens (including phenoxy) is 1. The Kier molecular flexibility index (Phi) is 4.92. The SMILES string of the molecule is O=C(Nc1cccc(B(O)O)c1F)OCc1ccccc1. The molecular formula is C14H13BFNO4. The minimum Gasteiger partial charge on any atom is -0.444 e. The summed E-state index contributed by atoms with van der Waals surface area (Å²) in [6.45, 7) is 0.0522. The predicted molar refractivity (Wildman–Crippen MR) is 76.5 cm³/mol. The van der Waals surface area contributed by atoms with Crippen molar-refractivity contribution in [2.45, 2.75) is 6.61 Å². The lowest BCUT2D eigenvalue weighted by Gasteiger charge is -2.10. The molecule has 3 N–H and O–H groups in total. The first-order chi connectivity index (χ1) is 10.1. The highest BCUT2D eigenvalue weighted by molar-refractivity contribution is 6.58. The Morgan fingerprint density at radius 3 is 2.52 bits per heavy atom. The van der Waals surface area contributed by atoms with Crippen molar-refractivity contribution in [2.24, 2.45) is 0 Å². The van der Waals surface area contributed by atoms with Crippen LogP contribution in [0, 0.1) is 5.82 Å². The second kappa shape index (κ2) is 6.87. The number of anilines is 1. The van der Waals surface area contributed by atoms with Gasteiger partial charge in [0.15, 0.2) is 0 Å². The molecule has 2 rings (SSSR count). The fraction of sp³-hybridized carbons (Fsp3) is 0.0714. The van der Waals surface area contributed by atoms with Crippen LogP contribution in [0.25, 0.3) is 0 Å². The molecule has 0 saturated heterocycles. The van der Waals surface area contributed by atoms with Crippen LogP contribution in [0.15, 0.2) is 48.5 Å². The van der Waals surface area contributed by atoms with Crippen LogP contribution in [0.2, 0.25) is 0 Å². The Labute approximate surface area is 121 Å². The van der Waals surface area contributed by atoms with Gasteiger partial charge in [-0.15, -0.1) is 0 Å². The monoisotopic (exact) mass is 289 g/mol. The Morgan fingerprint density at radius 2 is 1.86 bits per heavy atom. The number of benzene rings is 2. The lowest BCUT2D eigenvalue weighted by molar-refractivity contribution is 0.155. The number of hydrogen-bond acceptors (Lipinski definition) is 4. The van der Waals surface area contributed by atoms with E-state index in [4.69, 9.17) is 14.8 Å². The van der Waals surface area contributed by atoms with Gasteiger partial charge in [0.05, 0.1) is 5.69 Å². The molecule has 0 atom stereocenters. The Bertz CT molecular complexity index is 622. The molecule has 2 aromatic rings.